The summed E-state index contributed by atoms with van der Waals surface area (Å²) in [6, 6.07) is 18.9. The van der Waals surface area contributed by atoms with Gasteiger partial charge in [-0.15, -0.1) is 0 Å². The smallest absolute Gasteiger partial charge is 0.214 e. The molecule has 32 heavy (non-hydrogen) atoms. The summed E-state index contributed by atoms with van der Waals surface area (Å²) in [6.45, 7) is 0. The molecule has 1 saturated carbocycles. The van der Waals surface area contributed by atoms with Crippen LogP contribution in [0.3, 0.4) is 0 Å². The molecule has 0 bridgehead atoms. The summed E-state index contributed by atoms with van der Waals surface area (Å²) in [5.41, 5.74) is 5.05. The third kappa shape index (κ3) is 3.54. The van der Waals surface area contributed by atoms with E-state index in [0.717, 1.165) is 66.8 Å². The van der Waals surface area contributed by atoms with Gasteiger partial charge in [0.25, 0.3) is 0 Å². The molecule has 6 heteroatoms. The Morgan fingerprint density at radius 1 is 0.906 bits per heavy atom. The molecule has 0 spiro atoms. The van der Waals surface area contributed by atoms with Crippen molar-refractivity contribution in [3.05, 3.63) is 72.2 Å². The zero-order valence-electron chi connectivity index (χ0n) is 17.9. The molecule has 1 fully saturated rings. The summed E-state index contributed by atoms with van der Waals surface area (Å²) in [5.74, 6) is 1.73. The minimum atomic E-state index is -0.192. The summed E-state index contributed by atoms with van der Waals surface area (Å²) in [5, 5.41) is 9.73. The van der Waals surface area contributed by atoms with Gasteiger partial charge in [-0.2, -0.15) is 0 Å². The SMILES string of the molecule is O[C@H]1CC[C@H](Oc2cc(-c3ccc4nc5n(c4n3)[C@@H](c3ccccc3)CC5)ccn2)CC1. The van der Waals surface area contributed by atoms with E-state index in [-0.39, 0.29) is 18.2 Å². The van der Waals surface area contributed by atoms with Gasteiger partial charge in [0.1, 0.15) is 17.4 Å². The number of aliphatic hydroxyl groups excluding tert-OH is 1. The van der Waals surface area contributed by atoms with Crippen LogP contribution < -0.4 is 4.74 Å². The summed E-state index contributed by atoms with van der Waals surface area (Å²) >= 11 is 0. The number of aryl methyl sites for hydroxylation is 1. The van der Waals surface area contributed by atoms with Crippen LogP contribution in [-0.4, -0.2) is 36.8 Å². The lowest BCUT2D eigenvalue weighted by Gasteiger charge is -2.25. The molecule has 1 aromatic carbocycles. The zero-order valence-corrected chi connectivity index (χ0v) is 17.9. The number of aromatic nitrogens is 4. The number of hydrogen-bond acceptors (Lipinski definition) is 5. The number of imidazole rings is 1. The predicted molar refractivity (Wildman–Crippen MR) is 123 cm³/mol. The average molecular weight is 427 g/mol. The number of nitrogens with zero attached hydrogens (tertiary/aromatic N) is 4. The molecule has 0 amide bonds. The van der Waals surface area contributed by atoms with Crippen LogP contribution in [0.15, 0.2) is 60.8 Å². The van der Waals surface area contributed by atoms with Gasteiger partial charge in [-0.05, 0) is 55.9 Å². The number of aliphatic hydroxyl groups is 1. The van der Waals surface area contributed by atoms with Crippen LogP contribution in [-0.2, 0) is 6.42 Å². The number of pyridine rings is 2. The first-order valence-corrected chi connectivity index (χ1v) is 11.5. The van der Waals surface area contributed by atoms with E-state index in [1.165, 1.54) is 5.56 Å². The van der Waals surface area contributed by atoms with E-state index in [0.29, 0.717) is 5.88 Å². The number of ether oxygens (including phenoxy) is 1. The fraction of sp³-hybridized carbons (Fsp3) is 0.346. The van der Waals surface area contributed by atoms with Crippen molar-refractivity contribution < 1.29 is 9.84 Å². The molecule has 4 heterocycles. The average Bonchev–Trinajstić information content (AvgIpc) is 3.40. The topological polar surface area (TPSA) is 73.1 Å². The second-order valence-electron chi connectivity index (χ2n) is 8.83. The molecule has 4 aromatic rings. The van der Waals surface area contributed by atoms with E-state index < -0.39 is 0 Å². The van der Waals surface area contributed by atoms with Gasteiger partial charge in [0.05, 0.1) is 17.8 Å². The Kier molecular flexibility index (Phi) is 4.87. The molecule has 162 valence electrons. The van der Waals surface area contributed by atoms with Crippen molar-refractivity contribution in [3.63, 3.8) is 0 Å². The Bertz CT molecular complexity index is 1250. The first kappa shape index (κ1) is 19.4. The van der Waals surface area contributed by atoms with Gasteiger partial charge in [-0.3, -0.25) is 0 Å². The number of fused-ring (bicyclic) bond motifs is 3. The van der Waals surface area contributed by atoms with Crippen LogP contribution in [0, 0.1) is 0 Å². The van der Waals surface area contributed by atoms with Crippen LogP contribution in [0.5, 0.6) is 5.88 Å². The molecule has 0 radical (unpaired) electrons. The molecule has 6 nitrogen and oxygen atoms in total. The molecule has 0 unspecified atom stereocenters. The third-order valence-corrected chi connectivity index (χ3v) is 6.71. The number of hydrogen-bond donors (Lipinski definition) is 1. The lowest BCUT2D eigenvalue weighted by Crippen LogP contribution is -2.26. The van der Waals surface area contributed by atoms with Crippen molar-refractivity contribution in [3.8, 4) is 17.1 Å². The van der Waals surface area contributed by atoms with E-state index in [1.54, 1.807) is 6.20 Å². The largest absolute Gasteiger partial charge is 0.474 e. The third-order valence-electron chi connectivity index (χ3n) is 6.71. The zero-order chi connectivity index (χ0) is 21.5. The van der Waals surface area contributed by atoms with Gasteiger partial charge < -0.3 is 14.4 Å². The fourth-order valence-electron chi connectivity index (χ4n) is 5.04. The van der Waals surface area contributed by atoms with Gasteiger partial charge in [0, 0.05) is 24.2 Å². The molecule has 2 aliphatic rings. The maximum Gasteiger partial charge on any atom is 0.214 e. The minimum Gasteiger partial charge on any atom is -0.474 e. The lowest BCUT2D eigenvalue weighted by atomic mass is 9.95. The molecule has 6 rings (SSSR count). The van der Waals surface area contributed by atoms with E-state index in [4.69, 9.17) is 14.7 Å². The highest BCUT2D eigenvalue weighted by Gasteiger charge is 2.28. The minimum absolute atomic E-state index is 0.112. The van der Waals surface area contributed by atoms with Crippen molar-refractivity contribution in [2.75, 3.05) is 0 Å². The normalized spacial score (nSPS) is 22.7. The Hall–Kier alpha value is -3.25. The Balaban J connectivity index is 1.32. The monoisotopic (exact) mass is 426 g/mol. The van der Waals surface area contributed by atoms with Crippen molar-refractivity contribution >= 4 is 11.2 Å². The van der Waals surface area contributed by atoms with Gasteiger partial charge >= 0.3 is 0 Å². The standard InChI is InChI=1S/C26H26N4O2/c31-19-6-8-20(9-7-19)32-25-16-18(14-15-27-25)21-10-11-22-26(29-21)30-23(12-13-24(30)28-22)17-4-2-1-3-5-17/h1-5,10-11,14-16,19-20,23,31H,6-9,12-13H2/t19-,20-,23-/m1/s1. The lowest BCUT2D eigenvalue weighted by molar-refractivity contribution is 0.0644. The second-order valence-corrected chi connectivity index (χ2v) is 8.83. The van der Waals surface area contributed by atoms with Crippen molar-refractivity contribution in [1.82, 2.24) is 19.5 Å². The molecule has 1 aliphatic carbocycles. The highest BCUT2D eigenvalue weighted by molar-refractivity contribution is 5.77. The van der Waals surface area contributed by atoms with Crippen LogP contribution in [0.25, 0.3) is 22.4 Å². The first-order valence-electron chi connectivity index (χ1n) is 11.5. The molecule has 1 atom stereocenters. The molecular formula is C26H26N4O2. The summed E-state index contributed by atoms with van der Waals surface area (Å²) in [6.07, 6.45) is 7.02. The Morgan fingerprint density at radius 3 is 2.59 bits per heavy atom. The second kappa shape index (κ2) is 8.02. The van der Waals surface area contributed by atoms with Crippen molar-refractivity contribution in [1.29, 1.82) is 0 Å². The van der Waals surface area contributed by atoms with E-state index in [1.807, 2.05) is 18.2 Å². The van der Waals surface area contributed by atoms with Crippen LogP contribution >= 0.6 is 0 Å². The molecule has 0 saturated heterocycles. The summed E-state index contributed by atoms with van der Waals surface area (Å²) in [7, 11) is 0. The quantitative estimate of drug-likeness (QED) is 0.512. The van der Waals surface area contributed by atoms with E-state index >= 15 is 0 Å². The molecule has 1 N–H and O–H groups in total. The summed E-state index contributed by atoms with van der Waals surface area (Å²) < 4.78 is 8.43. The molecule has 3 aromatic heterocycles. The Labute approximate surface area is 186 Å². The maximum absolute atomic E-state index is 9.73. The molecule has 1 aliphatic heterocycles. The Morgan fingerprint density at radius 2 is 1.75 bits per heavy atom. The van der Waals surface area contributed by atoms with Gasteiger partial charge in [-0.25, -0.2) is 15.0 Å². The highest BCUT2D eigenvalue weighted by Crippen LogP contribution is 2.35. The maximum atomic E-state index is 9.73. The van der Waals surface area contributed by atoms with Crippen LogP contribution in [0.2, 0.25) is 0 Å². The fourth-order valence-corrected chi connectivity index (χ4v) is 5.04. The summed E-state index contributed by atoms with van der Waals surface area (Å²) in [4.78, 5) is 14.3. The number of rotatable bonds is 4. The molecular weight excluding hydrogens is 400 g/mol. The number of benzene rings is 1. The van der Waals surface area contributed by atoms with Crippen molar-refractivity contribution in [2.24, 2.45) is 0 Å². The van der Waals surface area contributed by atoms with Crippen molar-refractivity contribution in [2.45, 2.75) is 56.8 Å². The van der Waals surface area contributed by atoms with Gasteiger partial charge in [0.2, 0.25) is 5.88 Å². The highest BCUT2D eigenvalue weighted by atomic mass is 16.5. The van der Waals surface area contributed by atoms with Crippen LogP contribution in [0.4, 0.5) is 0 Å². The first-order chi connectivity index (χ1) is 15.7. The van der Waals surface area contributed by atoms with Gasteiger partial charge in [0.15, 0.2) is 5.65 Å². The van der Waals surface area contributed by atoms with Crippen LogP contribution in [0.1, 0.15) is 49.5 Å². The van der Waals surface area contributed by atoms with E-state index in [2.05, 4.69) is 45.9 Å². The predicted octanol–water partition coefficient (Wildman–Crippen LogP) is 4.71. The van der Waals surface area contributed by atoms with Gasteiger partial charge in [-0.1, -0.05) is 30.3 Å². The van der Waals surface area contributed by atoms with E-state index in [9.17, 15) is 5.11 Å².